The summed E-state index contributed by atoms with van der Waals surface area (Å²) >= 11 is 3.34. The SMILES string of the molecule is CCN(c1ccc(-c2csc(NCCc3cccs3)n2)cc1)S(C)(=O)=O. The topological polar surface area (TPSA) is 62.3 Å². The van der Waals surface area contributed by atoms with E-state index in [9.17, 15) is 8.42 Å². The Bertz CT molecular complexity index is 932. The first-order valence-electron chi connectivity index (χ1n) is 8.27. The van der Waals surface area contributed by atoms with E-state index in [0.717, 1.165) is 29.4 Å². The van der Waals surface area contributed by atoms with Crippen LogP contribution in [0.5, 0.6) is 0 Å². The van der Waals surface area contributed by atoms with Crippen molar-refractivity contribution in [2.45, 2.75) is 13.3 Å². The minimum atomic E-state index is -3.26. The first-order valence-corrected chi connectivity index (χ1v) is 11.9. The van der Waals surface area contributed by atoms with E-state index in [1.807, 2.05) is 36.6 Å². The van der Waals surface area contributed by atoms with E-state index in [1.54, 1.807) is 22.7 Å². The second kappa shape index (κ2) is 8.20. The Morgan fingerprint density at radius 3 is 2.54 bits per heavy atom. The molecule has 0 aliphatic rings. The third-order valence-corrected chi connectivity index (χ3v) is 6.88. The molecule has 0 aliphatic heterocycles. The predicted molar refractivity (Wildman–Crippen MR) is 112 cm³/mol. The van der Waals surface area contributed by atoms with Crippen LogP contribution in [-0.2, 0) is 16.4 Å². The first-order chi connectivity index (χ1) is 12.5. The van der Waals surface area contributed by atoms with Gasteiger partial charge in [0.15, 0.2) is 5.13 Å². The van der Waals surface area contributed by atoms with Gasteiger partial charge in [0, 0.05) is 28.9 Å². The van der Waals surface area contributed by atoms with Crippen LogP contribution in [-0.4, -0.2) is 32.7 Å². The van der Waals surface area contributed by atoms with Gasteiger partial charge in [-0.15, -0.1) is 22.7 Å². The number of nitrogens with zero attached hydrogens (tertiary/aromatic N) is 2. The van der Waals surface area contributed by atoms with Gasteiger partial charge >= 0.3 is 0 Å². The fraction of sp³-hybridized carbons (Fsp3) is 0.278. The second-order valence-corrected chi connectivity index (χ2v) is 9.57. The van der Waals surface area contributed by atoms with E-state index in [-0.39, 0.29) is 0 Å². The van der Waals surface area contributed by atoms with Gasteiger partial charge in [-0.3, -0.25) is 4.31 Å². The van der Waals surface area contributed by atoms with Crippen molar-refractivity contribution in [2.24, 2.45) is 0 Å². The van der Waals surface area contributed by atoms with E-state index < -0.39 is 10.0 Å². The average Bonchev–Trinajstić information content (AvgIpc) is 3.27. The lowest BCUT2D eigenvalue weighted by molar-refractivity contribution is 0.598. The van der Waals surface area contributed by atoms with Gasteiger partial charge in [-0.25, -0.2) is 13.4 Å². The summed E-state index contributed by atoms with van der Waals surface area (Å²) in [4.78, 5) is 5.98. The van der Waals surface area contributed by atoms with Crippen LogP contribution in [0.4, 0.5) is 10.8 Å². The van der Waals surface area contributed by atoms with Crippen LogP contribution in [0.1, 0.15) is 11.8 Å². The van der Waals surface area contributed by atoms with Crippen molar-refractivity contribution in [1.29, 1.82) is 0 Å². The fourth-order valence-corrected chi connectivity index (χ4v) is 5.07. The molecule has 0 spiro atoms. The third-order valence-electron chi connectivity index (χ3n) is 3.87. The van der Waals surface area contributed by atoms with Crippen molar-refractivity contribution in [3.8, 4) is 11.3 Å². The molecule has 0 saturated heterocycles. The van der Waals surface area contributed by atoms with Crippen LogP contribution >= 0.6 is 22.7 Å². The summed E-state index contributed by atoms with van der Waals surface area (Å²) in [5.74, 6) is 0. The predicted octanol–water partition coefficient (Wildman–Crippen LogP) is 4.31. The molecule has 0 bridgehead atoms. The lowest BCUT2D eigenvalue weighted by Crippen LogP contribution is -2.29. The van der Waals surface area contributed by atoms with Crippen molar-refractivity contribution in [2.75, 3.05) is 29.0 Å². The number of benzene rings is 1. The van der Waals surface area contributed by atoms with Gasteiger partial charge < -0.3 is 5.32 Å². The van der Waals surface area contributed by atoms with Gasteiger partial charge in [0.25, 0.3) is 0 Å². The van der Waals surface area contributed by atoms with Crippen LogP contribution in [0.25, 0.3) is 11.3 Å². The van der Waals surface area contributed by atoms with Gasteiger partial charge in [-0.1, -0.05) is 18.2 Å². The zero-order chi connectivity index (χ0) is 18.6. The zero-order valence-electron chi connectivity index (χ0n) is 14.7. The van der Waals surface area contributed by atoms with Crippen LogP contribution in [0.15, 0.2) is 47.2 Å². The van der Waals surface area contributed by atoms with Crippen molar-refractivity contribution < 1.29 is 8.42 Å². The van der Waals surface area contributed by atoms with Crippen LogP contribution in [0.3, 0.4) is 0 Å². The molecule has 138 valence electrons. The minimum Gasteiger partial charge on any atom is -0.361 e. The van der Waals surface area contributed by atoms with Crippen LogP contribution in [0, 0.1) is 0 Å². The lowest BCUT2D eigenvalue weighted by Gasteiger charge is -2.20. The van der Waals surface area contributed by atoms with Crippen molar-refractivity contribution >= 4 is 43.5 Å². The molecule has 1 aromatic carbocycles. The molecule has 0 fully saturated rings. The highest BCUT2D eigenvalue weighted by atomic mass is 32.2. The van der Waals surface area contributed by atoms with Crippen LogP contribution in [0.2, 0.25) is 0 Å². The highest BCUT2D eigenvalue weighted by Crippen LogP contribution is 2.27. The normalized spacial score (nSPS) is 11.5. The quantitative estimate of drug-likeness (QED) is 0.604. The number of aromatic nitrogens is 1. The molecule has 8 heteroatoms. The lowest BCUT2D eigenvalue weighted by atomic mass is 10.1. The Morgan fingerprint density at radius 1 is 1.15 bits per heavy atom. The number of hydrogen-bond acceptors (Lipinski definition) is 6. The van der Waals surface area contributed by atoms with E-state index in [2.05, 4.69) is 27.8 Å². The molecule has 0 radical (unpaired) electrons. The summed E-state index contributed by atoms with van der Waals surface area (Å²) in [5, 5.41) is 8.35. The van der Waals surface area contributed by atoms with E-state index in [4.69, 9.17) is 0 Å². The average molecular weight is 408 g/mol. The maximum absolute atomic E-state index is 11.8. The molecule has 3 aromatic rings. The van der Waals surface area contributed by atoms with Gasteiger partial charge in [0.2, 0.25) is 10.0 Å². The number of sulfonamides is 1. The maximum Gasteiger partial charge on any atom is 0.232 e. The second-order valence-electron chi connectivity index (χ2n) is 5.77. The highest BCUT2D eigenvalue weighted by molar-refractivity contribution is 7.92. The third kappa shape index (κ3) is 4.63. The number of rotatable bonds is 8. The number of nitrogens with one attached hydrogen (secondary N) is 1. The Kier molecular flexibility index (Phi) is 5.95. The monoisotopic (exact) mass is 407 g/mol. The Balaban J connectivity index is 1.65. The van der Waals surface area contributed by atoms with Gasteiger partial charge in [-0.05, 0) is 36.9 Å². The first kappa shape index (κ1) is 18.9. The number of thiazole rings is 1. The van der Waals surface area contributed by atoms with Gasteiger partial charge in [0.05, 0.1) is 17.6 Å². The molecule has 0 aliphatic carbocycles. The molecule has 3 rings (SSSR count). The van der Waals surface area contributed by atoms with E-state index in [1.165, 1.54) is 15.4 Å². The molecular weight excluding hydrogens is 386 g/mol. The molecule has 0 saturated carbocycles. The molecule has 1 N–H and O–H groups in total. The van der Waals surface area contributed by atoms with Gasteiger partial charge in [-0.2, -0.15) is 0 Å². The minimum absolute atomic E-state index is 0.410. The molecule has 26 heavy (non-hydrogen) atoms. The Hall–Kier alpha value is -1.90. The van der Waals surface area contributed by atoms with Crippen molar-refractivity contribution in [3.05, 3.63) is 52.0 Å². The van der Waals surface area contributed by atoms with Gasteiger partial charge in [0.1, 0.15) is 0 Å². The largest absolute Gasteiger partial charge is 0.361 e. The summed E-state index contributed by atoms with van der Waals surface area (Å²) in [6.45, 7) is 3.09. The smallest absolute Gasteiger partial charge is 0.232 e. The Labute approximate surface area is 162 Å². The van der Waals surface area contributed by atoms with Crippen molar-refractivity contribution in [3.63, 3.8) is 0 Å². The molecular formula is C18H21N3O2S3. The molecule has 0 amide bonds. The van der Waals surface area contributed by atoms with Crippen LogP contribution < -0.4 is 9.62 Å². The summed E-state index contributed by atoms with van der Waals surface area (Å²) in [6.07, 6.45) is 2.21. The Morgan fingerprint density at radius 2 is 1.92 bits per heavy atom. The molecule has 2 aromatic heterocycles. The summed E-state index contributed by atoms with van der Waals surface area (Å²) in [5.41, 5.74) is 2.53. The van der Waals surface area contributed by atoms with Crippen molar-refractivity contribution in [1.82, 2.24) is 4.98 Å². The number of thiophene rings is 1. The summed E-state index contributed by atoms with van der Waals surface area (Å²) in [7, 11) is -3.26. The molecule has 0 unspecified atom stereocenters. The molecule has 5 nitrogen and oxygen atoms in total. The molecule has 0 atom stereocenters. The standard InChI is InChI=1S/C18H21N3O2S3/c1-3-21(26(2,22)23)15-8-6-14(7-9-15)17-13-25-18(20-17)19-11-10-16-5-4-12-24-16/h4-9,12-13H,3,10-11H2,1-2H3,(H,19,20). The summed E-state index contributed by atoms with van der Waals surface area (Å²) < 4.78 is 25.0. The fourth-order valence-electron chi connectivity index (χ4n) is 2.64. The number of hydrogen-bond donors (Lipinski definition) is 1. The maximum atomic E-state index is 11.8. The van der Waals surface area contributed by atoms with E-state index >= 15 is 0 Å². The molecule has 2 heterocycles. The number of anilines is 2. The summed E-state index contributed by atoms with van der Waals surface area (Å²) in [6, 6.07) is 11.7. The highest BCUT2D eigenvalue weighted by Gasteiger charge is 2.15. The van der Waals surface area contributed by atoms with E-state index in [0.29, 0.717) is 12.2 Å². The zero-order valence-corrected chi connectivity index (χ0v) is 17.1.